The maximum Gasteiger partial charge on any atom is 0.179 e. The van der Waals surface area contributed by atoms with Crippen LogP contribution in [0.4, 0.5) is 22.7 Å². The van der Waals surface area contributed by atoms with Crippen LogP contribution in [0.25, 0.3) is 0 Å². The van der Waals surface area contributed by atoms with Gasteiger partial charge in [0.1, 0.15) is 0 Å². The molecule has 0 aromatic heterocycles. The zero-order chi connectivity index (χ0) is 36.7. The molecule has 0 heterocycles. The van der Waals surface area contributed by atoms with Crippen LogP contribution >= 0.6 is 0 Å². The Morgan fingerprint density at radius 2 is 0.449 bits per heavy atom. The second-order valence-corrected chi connectivity index (χ2v) is 20.6. The summed E-state index contributed by atoms with van der Waals surface area (Å²) in [5.74, 6) is 0. The average molecular weight is 681 g/mol. The van der Waals surface area contributed by atoms with Crippen molar-refractivity contribution in [3.05, 3.63) is 97.1 Å². The van der Waals surface area contributed by atoms with Crippen LogP contribution in [0.15, 0.2) is 97.1 Å². The molecule has 0 fully saturated rings. The van der Waals surface area contributed by atoms with E-state index in [0.717, 1.165) is 41.0 Å². The van der Waals surface area contributed by atoms with Crippen LogP contribution in [-0.2, 0) is 20.8 Å². The second-order valence-electron chi connectivity index (χ2n) is 16.8. The smallest absolute Gasteiger partial charge is 0.179 e. The van der Waals surface area contributed by atoms with E-state index >= 15 is 0 Å². The van der Waals surface area contributed by atoms with Crippen molar-refractivity contribution in [2.45, 2.75) is 105 Å². The van der Waals surface area contributed by atoms with Crippen LogP contribution in [-0.4, -0.2) is 30.2 Å². The van der Waals surface area contributed by atoms with E-state index in [-0.39, 0.29) is 0 Å². The molecule has 0 aliphatic carbocycles. The highest BCUT2D eigenvalue weighted by atomic mass is 28.3. The first-order chi connectivity index (χ1) is 22.5. The molecule has 0 aliphatic heterocycles. The van der Waals surface area contributed by atoms with Gasteiger partial charge in [-0.1, -0.05) is 69.4 Å². The monoisotopic (exact) mass is 680 g/mol. The van der Waals surface area contributed by atoms with Crippen LogP contribution in [0.1, 0.15) is 83.1 Å². The Bertz CT molecular complexity index is 1420. The second kappa shape index (κ2) is 13.5. The van der Waals surface area contributed by atoms with E-state index in [0.29, 0.717) is 22.7 Å². The molecule has 0 bridgehead atoms. The largest absolute Gasteiger partial charge is 0.215 e. The van der Waals surface area contributed by atoms with E-state index in [1.165, 1.54) is 0 Å². The lowest BCUT2D eigenvalue weighted by atomic mass is 10.1. The highest BCUT2D eigenvalue weighted by molar-refractivity contribution is 7.19. The molecule has 9 heteroatoms. The molecule has 0 aliphatic rings. The van der Waals surface area contributed by atoms with E-state index in [4.69, 9.17) is 0 Å². The van der Waals surface area contributed by atoms with Gasteiger partial charge in [0.25, 0.3) is 0 Å². The van der Waals surface area contributed by atoms with E-state index in [2.05, 4.69) is 0 Å². The summed E-state index contributed by atoms with van der Waals surface area (Å²) in [7, 11) is -3.20. The van der Waals surface area contributed by atoms with Crippen molar-refractivity contribution < 1.29 is 20.8 Å². The van der Waals surface area contributed by atoms with E-state index in [9.17, 15) is 20.8 Å². The molecule has 260 valence electrons. The summed E-state index contributed by atoms with van der Waals surface area (Å²) in [4.78, 5) is 0. The van der Waals surface area contributed by atoms with Gasteiger partial charge in [-0.2, -0.15) is 0 Å². The van der Waals surface area contributed by atoms with E-state index < -0.39 is 30.2 Å². The zero-order valence-corrected chi connectivity index (χ0v) is 32.2. The lowest BCUT2D eigenvalue weighted by Crippen LogP contribution is -2.74. The van der Waals surface area contributed by atoms with Crippen molar-refractivity contribution in [1.82, 2.24) is 0 Å². The van der Waals surface area contributed by atoms with Gasteiger partial charge < -0.3 is 0 Å². The van der Waals surface area contributed by atoms with Gasteiger partial charge in [0.15, 0.2) is 8.07 Å². The third-order valence-corrected chi connectivity index (χ3v) is 13.4. The minimum Gasteiger partial charge on any atom is -0.215 e. The van der Waals surface area contributed by atoms with Gasteiger partial charge in [0.2, 0.25) is 0 Å². The lowest BCUT2D eigenvalue weighted by molar-refractivity contribution is 0.102. The van der Waals surface area contributed by atoms with Crippen molar-refractivity contribution in [2.24, 2.45) is 0 Å². The van der Waals surface area contributed by atoms with Gasteiger partial charge in [-0.3, -0.25) is 0 Å². The first-order valence-electron chi connectivity index (χ1n) is 16.8. The van der Waals surface area contributed by atoms with Gasteiger partial charge in [0.05, 0.1) is 44.9 Å². The Balaban J connectivity index is 2.05. The van der Waals surface area contributed by atoms with Gasteiger partial charge >= 0.3 is 0 Å². The molecule has 4 aromatic rings. The van der Waals surface area contributed by atoms with Crippen molar-refractivity contribution in [3.8, 4) is 0 Å². The van der Waals surface area contributed by atoms with Gasteiger partial charge in [-0.15, -0.1) is 0 Å². The molecule has 0 saturated heterocycles. The fourth-order valence-electron chi connectivity index (χ4n) is 5.94. The summed E-state index contributed by atoms with van der Waals surface area (Å²) < 4.78 is 0. The number of anilines is 4. The van der Waals surface area contributed by atoms with Crippen molar-refractivity contribution in [2.75, 3.05) is 20.3 Å². The van der Waals surface area contributed by atoms with Crippen LogP contribution in [0.3, 0.4) is 0 Å². The van der Waals surface area contributed by atoms with Crippen LogP contribution in [0.2, 0.25) is 0 Å². The summed E-state index contributed by atoms with van der Waals surface area (Å²) >= 11 is 0. The minimum atomic E-state index is -3.20. The fourth-order valence-corrected chi connectivity index (χ4v) is 10.6. The van der Waals surface area contributed by atoms with Crippen LogP contribution in [0.5, 0.6) is 0 Å². The molecule has 4 rings (SSSR count). The summed E-state index contributed by atoms with van der Waals surface area (Å²) in [6.07, 6.45) is 0. The molecule has 0 saturated carbocycles. The Hall–Kier alpha value is -3.86. The maximum absolute atomic E-state index is 13.2. The number of nitrogens with zero attached hydrogens (tertiary/aromatic N) is 4. The van der Waals surface area contributed by atoms with E-state index in [1.54, 1.807) is 0 Å². The van der Waals surface area contributed by atoms with E-state index in [1.807, 2.05) is 180 Å². The third-order valence-electron chi connectivity index (χ3n) is 8.58. The van der Waals surface area contributed by atoms with Gasteiger partial charge in [-0.25, -0.2) is 20.3 Å². The molecule has 0 unspecified atom stereocenters. The minimum absolute atomic E-state index is 0.548. The quantitative estimate of drug-likeness (QED) is 0.115. The fraction of sp³-hybridized carbons (Fsp3) is 0.400. The summed E-state index contributed by atoms with van der Waals surface area (Å²) in [5.41, 5.74) is -0.295. The van der Waals surface area contributed by atoms with Crippen molar-refractivity contribution in [1.29, 1.82) is 0 Å². The average Bonchev–Trinajstić information content (AvgIpc) is 3.03. The first-order valence-corrected chi connectivity index (χ1v) is 18.8. The number of hydrogen-bond acceptors (Lipinski definition) is 4. The van der Waals surface area contributed by atoms with Gasteiger partial charge in [0, 0.05) is 0 Å². The van der Waals surface area contributed by atoms with Crippen molar-refractivity contribution >= 4 is 51.6 Å². The zero-order valence-electron chi connectivity index (χ0n) is 31.2. The van der Waals surface area contributed by atoms with Gasteiger partial charge in [-0.05, 0) is 152 Å². The third kappa shape index (κ3) is 7.82. The molecule has 0 atom stereocenters. The number of benzene rings is 4. The maximum atomic E-state index is 13.2. The lowest BCUT2D eigenvalue weighted by Gasteiger charge is -2.37. The highest BCUT2D eigenvalue weighted by Gasteiger charge is 2.42. The SMILES string of the molecule is CC(C)(C)N([O])c1ccc([Si](c2ccc(N([O])C(C)(C)C)cc2)(c2ccc(N([O])C(C)(C)C)cc2)c2ccc(N([O])C(C)(C)C)cc2)cc1. The Labute approximate surface area is 294 Å². The first kappa shape index (κ1) is 37.9. The number of hydrogen-bond donors (Lipinski definition) is 0. The molecule has 0 N–H and O–H groups in total. The summed E-state index contributed by atoms with van der Waals surface area (Å²) in [6, 6.07) is 31.1. The molecule has 0 spiro atoms. The molecule has 4 aromatic carbocycles. The Morgan fingerprint density at radius 1 is 0.306 bits per heavy atom. The predicted octanol–water partition coefficient (Wildman–Crippen LogP) is 6.87. The molecule has 4 radical (unpaired) electrons. The summed E-state index contributed by atoms with van der Waals surface area (Å²) in [5, 5.41) is 60.9. The Kier molecular flexibility index (Phi) is 10.4. The highest BCUT2D eigenvalue weighted by Crippen LogP contribution is 2.27. The molecular weight excluding hydrogens is 629 g/mol. The standard InChI is InChI=1S/C40H52N4O4Si/c1-37(2,3)41(45)29-13-21-33(22-14-29)49(34-23-15-30(16-24-34)42(46)38(4,5)6,35-25-17-31(18-26-35)43(47)39(7,8)9)36-27-19-32(20-28-36)44(48)40(10,11)12/h13-28H,1-12H3. The molecule has 8 nitrogen and oxygen atoms in total. The topological polar surface area (TPSA) is 92.6 Å². The molecule has 49 heavy (non-hydrogen) atoms. The number of hydroxylamine groups is 4. The molecule has 0 amide bonds. The summed E-state index contributed by atoms with van der Waals surface area (Å²) in [6.45, 7) is 22.5. The Morgan fingerprint density at radius 3 is 0.571 bits per heavy atom. The van der Waals surface area contributed by atoms with Crippen LogP contribution in [0, 0.1) is 0 Å². The normalized spacial score (nSPS) is 12.9. The number of rotatable bonds is 8. The predicted molar refractivity (Wildman–Crippen MR) is 202 cm³/mol. The molecular formula is C40H52N4O4Si. The van der Waals surface area contributed by atoms with Crippen molar-refractivity contribution in [3.63, 3.8) is 0 Å². The van der Waals surface area contributed by atoms with Crippen LogP contribution < -0.4 is 41.0 Å².